The highest BCUT2D eigenvalue weighted by Gasteiger charge is 2.15. The smallest absolute Gasteiger partial charge is 0.306 e. The van der Waals surface area contributed by atoms with Crippen LogP contribution in [0.2, 0.25) is 0 Å². The maximum absolute atomic E-state index is 11.8. The molecule has 4 nitrogen and oxygen atoms in total. The van der Waals surface area contributed by atoms with E-state index in [1.165, 1.54) is 0 Å². The first-order chi connectivity index (χ1) is 10.6. The minimum Gasteiger partial charge on any atom is -0.466 e. The van der Waals surface area contributed by atoms with Crippen LogP contribution in [0.5, 0.6) is 0 Å². The topological polar surface area (TPSA) is 52.6 Å². The van der Waals surface area contributed by atoms with Gasteiger partial charge in [0.25, 0.3) is 0 Å². The number of hydrogen-bond donors (Lipinski definition) is 0. The number of unbranched alkanes of at least 4 members (excludes halogenated alkanes) is 4. The molecule has 0 radical (unpaired) electrons. The zero-order chi connectivity index (χ0) is 16.6. The first-order valence-electron chi connectivity index (χ1n) is 8.99. The summed E-state index contributed by atoms with van der Waals surface area (Å²) in [6.07, 6.45) is 9.70. The minimum atomic E-state index is -0.163. The molecule has 0 saturated heterocycles. The Labute approximate surface area is 135 Å². The third-order valence-electron chi connectivity index (χ3n) is 3.62. The highest BCUT2D eigenvalue weighted by atomic mass is 16.5. The van der Waals surface area contributed by atoms with Gasteiger partial charge in [-0.15, -0.1) is 0 Å². The molecule has 0 aliphatic rings. The summed E-state index contributed by atoms with van der Waals surface area (Å²) in [5.41, 5.74) is 0. The lowest BCUT2D eigenvalue weighted by Crippen LogP contribution is -2.19. The standard InChI is InChI=1S/C18H34O4/c1-4-7-9-12-16(13-11-15-17(19)21-6-3)22-18(20)14-10-8-5-2/h16H,4-15H2,1-3H3. The maximum Gasteiger partial charge on any atom is 0.306 e. The average molecular weight is 314 g/mol. The molecule has 0 heterocycles. The van der Waals surface area contributed by atoms with E-state index in [0.29, 0.717) is 19.4 Å². The predicted octanol–water partition coefficient (Wildman–Crippen LogP) is 4.79. The molecule has 0 aliphatic carbocycles. The number of esters is 2. The second-order valence-corrected chi connectivity index (χ2v) is 5.76. The van der Waals surface area contributed by atoms with Crippen LogP contribution >= 0.6 is 0 Å². The fraction of sp³-hybridized carbons (Fsp3) is 0.889. The molecule has 4 heteroatoms. The van der Waals surface area contributed by atoms with Gasteiger partial charge < -0.3 is 9.47 Å². The van der Waals surface area contributed by atoms with E-state index in [1.54, 1.807) is 0 Å². The second kappa shape index (κ2) is 14.9. The Hall–Kier alpha value is -1.06. The van der Waals surface area contributed by atoms with Crippen molar-refractivity contribution < 1.29 is 19.1 Å². The number of hydrogen-bond acceptors (Lipinski definition) is 4. The van der Waals surface area contributed by atoms with E-state index in [0.717, 1.165) is 57.8 Å². The molecule has 0 saturated carbocycles. The Morgan fingerprint density at radius 1 is 0.773 bits per heavy atom. The molecular formula is C18H34O4. The molecule has 0 N–H and O–H groups in total. The molecule has 1 unspecified atom stereocenters. The molecule has 0 fully saturated rings. The Morgan fingerprint density at radius 3 is 2.00 bits per heavy atom. The fourth-order valence-corrected chi connectivity index (χ4v) is 2.36. The van der Waals surface area contributed by atoms with Crippen LogP contribution in [-0.4, -0.2) is 24.6 Å². The number of rotatable bonds is 14. The van der Waals surface area contributed by atoms with E-state index in [9.17, 15) is 9.59 Å². The molecule has 22 heavy (non-hydrogen) atoms. The normalized spacial score (nSPS) is 12.0. The van der Waals surface area contributed by atoms with Crippen molar-refractivity contribution in [2.45, 2.75) is 97.5 Å². The fourth-order valence-electron chi connectivity index (χ4n) is 2.36. The number of carbonyl (C=O) groups excluding carboxylic acids is 2. The Balaban J connectivity index is 4.07. The lowest BCUT2D eigenvalue weighted by molar-refractivity contribution is -0.150. The van der Waals surface area contributed by atoms with Gasteiger partial charge in [-0.1, -0.05) is 39.5 Å². The van der Waals surface area contributed by atoms with Gasteiger partial charge in [0.05, 0.1) is 6.61 Å². The molecule has 0 amide bonds. The van der Waals surface area contributed by atoms with Crippen molar-refractivity contribution in [2.24, 2.45) is 0 Å². The third-order valence-corrected chi connectivity index (χ3v) is 3.62. The van der Waals surface area contributed by atoms with Crippen molar-refractivity contribution in [2.75, 3.05) is 6.61 Å². The summed E-state index contributed by atoms with van der Waals surface area (Å²) in [6.45, 7) is 6.51. The summed E-state index contributed by atoms with van der Waals surface area (Å²) >= 11 is 0. The monoisotopic (exact) mass is 314 g/mol. The number of carbonyl (C=O) groups is 2. The van der Waals surface area contributed by atoms with Crippen LogP contribution in [0.25, 0.3) is 0 Å². The van der Waals surface area contributed by atoms with Crippen LogP contribution in [0, 0.1) is 0 Å². The van der Waals surface area contributed by atoms with Crippen LogP contribution in [-0.2, 0) is 19.1 Å². The summed E-state index contributed by atoms with van der Waals surface area (Å²) in [5, 5.41) is 0. The molecule has 0 aromatic heterocycles. The highest BCUT2D eigenvalue weighted by Crippen LogP contribution is 2.15. The van der Waals surface area contributed by atoms with Gasteiger partial charge in [0.2, 0.25) is 0 Å². The Bertz CT molecular complexity index is 289. The Morgan fingerprint density at radius 2 is 1.36 bits per heavy atom. The molecule has 0 spiro atoms. The van der Waals surface area contributed by atoms with Crippen LogP contribution in [0.3, 0.4) is 0 Å². The minimum absolute atomic E-state index is 0.0462. The van der Waals surface area contributed by atoms with Crippen molar-refractivity contribution in [3.05, 3.63) is 0 Å². The third kappa shape index (κ3) is 12.7. The summed E-state index contributed by atoms with van der Waals surface area (Å²) in [5.74, 6) is -0.254. The van der Waals surface area contributed by atoms with E-state index in [4.69, 9.17) is 9.47 Å². The van der Waals surface area contributed by atoms with E-state index in [-0.39, 0.29) is 18.0 Å². The summed E-state index contributed by atoms with van der Waals surface area (Å²) in [6, 6.07) is 0. The lowest BCUT2D eigenvalue weighted by Gasteiger charge is -2.18. The molecular weight excluding hydrogens is 280 g/mol. The van der Waals surface area contributed by atoms with Crippen LogP contribution in [0.15, 0.2) is 0 Å². The zero-order valence-corrected chi connectivity index (χ0v) is 14.7. The molecule has 1 atom stereocenters. The van der Waals surface area contributed by atoms with E-state index >= 15 is 0 Å². The first-order valence-corrected chi connectivity index (χ1v) is 8.99. The predicted molar refractivity (Wildman–Crippen MR) is 88.6 cm³/mol. The van der Waals surface area contributed by atoms with Crippen molar-refractivity contribution in [1.29, 1.82) is 0 Å². The molecule has 130 valence electrons. The van der Waals surface area contributed by atoms with E-state index in [1.807, 2.05) is 6.92 Å². The molecule has 0 aliphatic heterocycles. The van der Waals surface area contributed by atoms with Gasteiger partial charge in [0, 0.05) is 12.8 Å². The van der Waals surface area contributed by atoms with E-state index < -0.39 is 0 Å². The van der Waals surface area contributed by atoms with Crippen LogP contribution in [0.1, 0.15) is 91.4 Å². The average Bonchev–Trinajstić information content (AvgIpc) is 2.48. The van der Waals surface area contributed by atoms with E-state index in [2.05, 4.69) is 13.8 Å². The first kappa shape index (κ1) is 20.9. The van der Waals surface area contributed by atoms with Crippen molar-refractivity contribution >= 4 is 11.9 Å². The SMILES string of the molecule is CCCCCC(=O)OC(CCCCC)CCCC(=O)OCC. The van der Waals surface area contributed by atoms with Gasteiger partial charge in [-0.25, -0.2) is 0 Å². The summed E-state index contributed by atoms with van der Waals surface area (Å²) in [4.78, 5) is 23.2. The highest BCUT2D eigenvalue weighted by molar-refractivity contribution is 5.70. The second-order valence-electron chi connectivity index (χ2n) is 5.76. The van der Waals surface area contributed by atoms with Crippen molar-refractivity contribution in [1.82, 2.24) is 0 Å². The molecule has 0 aromatic carbocycles. The van der Waals surface area contributed by atoms with Gasteiger partial charge in [-0.3, -0.25) is 9.59 Å². The van der Waals surface area contributed by atoms with Crippen LogP contribution < -0.4 is 0 Å². The molecule has 0 bridgehead atoms. The van der Waals surface area contributed by atoms with Crippen molar-refractivity contribution in [3.63, 3.8) is 0 Å². The van der Waals surface area contributed by atoms with Gasteiger partial charge >= 0.3 is 11.9 Å². The summed E-state index contributed by atoms with van der Waals surface area (Å²) < 4.78 is 10.5. The lowest BCUT2D eigenvalue weighted by atomic mass is 10.0. The molecule has 0 aromatic rings. The van der Waals surface area contributed by atoms with Crippen LogP contribution in [0.4, 0.5) is 0 Å². The zero-order valence-electron chi connectivity index (χ0n) is 14.7. The quantitative estimate of drug-likeness (QED) is 0.341. The molecule has 0 rings (SSSR count). The van der Waals surface area contributed by atoms with Gasteiger partial charge in [0.15, 0.2) is 0 Å². The van der Waals surface area contributed by atoms with Gasteiger partial charge in [-0.2, -0.15) is 0 Å². The largest absolute Gasteiger partial charge is 0.466 e. The number of ether oxygens (including phenoxy) is 2. The summed E-state index contributed by atoms with van der Waals surface area (Å²) in [7, 11) is 0. The van der Waals surface area contributed by atoms with Gasteiger partial charge in [-0.05, 0) is 39.0 Å². The van der Waals surface area contributed by atoms with Gasteiger partial charge in [0.1, 0.15) is 6.10 Å². The Kier molecular flexibility index (Phi) is 14.1. The van der Waals surface area contributed by atoms with Crippen molar-refractivity contribution in [3.8, 4) is 0 Å². The maximum atomic E-state index is 11.8.